The van der Waals surface area contributed by atoms with E-state index in [1.165, 1.54) is 23.9 Å². The quantitative estimate of drug-likeness (QED) is 0.425. The van der Waals surface area contributed by atoms with Crippen LogP contribution in [0.25, 0.3) is 0 Å². The van der Waals surface area contributed by atoms with E-state index in [2.05, 4.69) is 32.1 Å². The molecule has 2 heterocycles. The maximum Gasteiger partial charge on any atom is 0.240 e. The van der Waals surface area contributed by atoms with E-state index < -0.39 is 11.1 Å². The van der Waals surface area contributed by atoms with E-state index in [0.717, 1.165) is 0 Å². The van der Waals surface area contributed by atoms with Gasteiger partial charge in [-0.2, -0.15) is 0 Å². The number of aromatic nitrogens is 5. The minimum atomic E-state index is -0.480. The third-order valence-electron chi connectivity index (χ3n) is 3.75. The molecule has 10 heteroatoms. The lowest BCUT2D eigenvalue weighted by molar-refractivity contribution is -0.115. The monoisotopic (exact) mass is 414 g/mol. The number of amides is 1. The lowest BCUT2D eigenvalue weighted by Gasteiger charge is -2.12. The number of nitrogens with one attached hydrogen (secondary N) is 1. The molecule has 1 N–H and O–H groups in total. The summed E-state index contributed by atoms with van der Waals surface area (Å²) in [4.78, 5) is 20.3. The van der Waals surface area contributed by atoms with Crippen LogP contribution >= 0.6 is 11.8 Å². The molecular formula is C19H19FN6O2S. The molecule has 2 aromatic heterocycles. The highest BCUT2D eigenvalue weighted by atomic mass is 32.2. The standard InChI is InChI=1S/C19H19FN6O2S/c1-3-11-26-16(12-28-15-8-5-4-7-14(15)20)24-25-19(26)29-13(2)17(27)23-18-21-9-6-10-22-18/h3-10,13H,1,11-12H2,2H3,(H,21,22,23,27). The van der Waals surface area contributed by atoms with Crippen LogP contribution in [0.4, 0.5) is 10.3 Å². The van der Waals surface area contributed by atoms with Gasteiger partial charge in [-0.05, 0) is 25.1 Å². The molecule has 1 amide bonds. The van der Waals surface area contributed by atoms with Crippen LogP contribution in [0.3, 0.4) is 0 Å². The van der Waals surface area contributed by atoms with E-state index in [1.54, 1.807) is 48.2 Å². The van der Waals surface area contributed by atoms with Crippen LogP contribution in [0.1, 0.15) is 12.7 Å². The Hall–Kier alpha value is -3.27. The average molecular weight is 414 g/mol. The molecule has 0 saturated carbocycles. The summed E-state index contributed by atoms with van der Waals surface area (Å²) in [6, 6.07) is 7.80. The number of anilines is 1. The van der Waals surface area contributed by atoms with E-state index in [0.29, 0.717) is 17.5 Å². The molecule has 0 aliphatic rings. The minimum Gasteiger partial charge on any atom is -0.483 e. The van der Waals surface area contributed by atoms with Gasteiger partial charge in [0.05, 0.1) is 5.25 Å². The molecule has 0 aliphatic carbocycles. The zero-order valence-electron chi connectivity index (χ0n) is 15.7. The van der Waals surface area contributed by atoms with Crippen LogP contribution in [0.15, 0.2) is 60.5 Å². The summed E-state index contributed by atoms with van der Waals surface area (Å²) in [6.07, 6.45) is 4.77. The third kappa shape index (κ3) is 5.38. The topological polar surface area (TPSA) is 94.8 Å². The normalized spacial score (nSPS) is 11.7. The van der Waals surface area contributed by atoms with Gasteiger partial charge >= 0.3 is 0 Å². The Balaban J connectivity index is 1.68. The van der Waals surface area contributed by atoms with Crippen molar-refractivity contribution in [2.24, 2.45) is 0 Å². The predicted molar refractivity (Wildman–Crippen MR) is 107 cm³/mol. The van der Waals surface area contributed by atoms with Crippen LogP contribution in [0.2, 0.25) is 0 Å². The Morgan fingerprint density at radius 1 is 1.31 bits per heavy atom. The largest absolute Gasteiger partial charge is 0.483 e. The number of thioether (sulfide) groups is 1. The molecule has 3 aromatic rings. The number of carbonyl (C=O) groups excluding carboxylic acids is 1. The van der Waals surface area contributed by atoms with Gasteiger partial charge in [0.1, 0.15) is 6.61 Å². The SMILES string of the molecule is C=CCn1c(COc2ccccc2F)nnc1SC(C)C(=O)Nc1ncccn1. The van der Waals surface area contributed by atoms with Crippen molar-refractivity contribution in [1.29, 1.82) is 0 Å². The van der Waals surface area contributed by atoms with Gasteiger partial charge in [-0.1, -0.05) is 30.0 Å². The molecule has 3 rings (SSSR count). The number of rotatable bonds is 9. The van der Waals surface area contributed by atoms with Crippen LogP contribution in [-0.2, 0) is 17.9 Å². The van der Waals surface area contributed by atoms with Gasteiger partial charge in [-0.25, -0.2) is 14.4 Å². The Morgan fingerprint density at radius 3 is 2.79 bits per heavy atom. The first kappa shape index (κ1) is 20.5. The van der Waals surface area contributed by atoms with Crippen molar-refractivity contribution >= 4 is 23.6 Å². The second-order valence-corrected chi connectivity index (χ2v) is 7.15. The maximum absolute atomic E-state index is 13.7. The molecule has 0 fully saturated rings. The van der Waals surface area contributed by atoms with E-state index in [-0.39, 0.29) is 24.2 Å². The molecule has 0 bridgehead atoms. The Morgan fingerprint density at radius 2 is 2.07 bits per heavy atom. The highest BCUT2D eigenvalue weighted by molar-refractivity contribution is 8.00. The first-order chi connectivity index (χ1) is 14.1. The fraction of sp³-hybridized carbons (Fsp3) is 0.211. The molecule has 8 nitrogen and oxygen atoms in total. The van der Waals surface area contributed by atoms with E-state index in [4.69, 9.17) is 4.74 Å². The number of halogens is 1. The fourth-order valence-corrected chi connectivity index (χ4v) is 3.19. The zero-order chi connectivity index (χ0) is 20.6. The van der Waals surface area contributed by atoms with Gasteiger partial charge in [0.2, 0.25) is 11.9 Å². The summed E-state index contributed by atoms with van der Waals surface area (Å²) < 4.78 is 21.0. The predicted octanol–water partition coefficient (Wildman–Crippen LogP) is 3.09. The molecule has 0 radical (unpaired) electrons. The summed E-state index contributed by atoms with van der Waals surface area (Å²) in [6.45, 7) is 5.93. The number of hydrogen-bond donors (Lipinski definition) is 1. The van der Waals surface area contributed by atoms with Crippen LogP contribution in [-0.4, -0.2) is 35.9 Å². The average Bonchev–Trinajstić information content (AvgIpc) is 3.10. The smallest absolute Gasteiger partial charge is 0.240 e. The summed E-state index contributed by atoms with van der Waals surface area (Å²) >= 11 is 1.23. The molecule has 1 aromatic carbocycles. The minimum absolute atomic E-state index is 0.0285. The zero-order valence-corrected chi connectivity index (χ0v) is 16.5. The van der Waals surface area contributed by atoms with Crippen molar-refractivity contribution in [3.63, 3.8) is 0 Å². The van der Waals surface area contributed by atoms with Crippen LogP contribution in [0, 0.1) is 5.82 Å². The molecule has 0 saturated heterocycles. The molecule has 1 unspecified atom stereocenters. The first-order valence-corrected chi connectivity index (χ1v) is 9.61. The van der Waals surface area contributed by atoms with Crippen molar-refractivity contribution < 1.29 is 13.9 Å². The number of carbonyl (C=O) groups is 1. The summed E-state index contributed by atoms with van der Waals surface area (Å²) in [5.74, 6) is 0.139. The van der Waals surface area contributed by atoms with Gasteiger partial charge in [0, 0.05) is 18.9 Å². The fourth-order valence-electron chi connectivity index (χ4n) is 2.32. The maximum atomic E-state index is 13.7. The lowest BCUT2D eigenvalue weighted by Crippen LogP contribution is -2.24. The highest BCUT2D eigenvalue weighted by Crippen LogP contribution is 2.24. The van der Waals surface area contributed by atoms with Crippen molar-refractivity contribution in [2.75, 3.05) is 5.32 Å². The van der Waals surface area contributed by atoms with E-state index >= 15 is 0 Å². The Labute approximate surface area is 171 Å². The van der Waals surface area contributed by atoms with Crippen LogP contribution in [0.5, 0.6) is 5.75 Å². The molecule has 150 valence electrons. The van der Waals surface area contributed by atoms with Gasteiger partial charge in [0.15, 0.2) is 22.5 Å². The lowest BCUT2D eigenvalue weighted by atomic mass is 10.3. The molecule has 0 spiro atoms. The summed E-state index contributed by atoms with van der Waals surface area (Å²) in [5, 5.41) is 10.9. The number of hydrogen-bond acceptors (Lipinski definition) is 7. The van der Waals surface area contributed by atoms with Crippen molar-refractivity contribution in [2.45, 2.75) is 30.5 Å². The van der Waals surface area contributed by atoms with E-state index in [9.17, 15) is 9.18 Å². The van der Waals surface area contributed by atoms with Crippen LogP contribution < -0.4 is 10.1 Å². The first-order valence-electron chi connectivity index (χ1n) is 8.73. The Bertz CT molecular complexity index is 982. The van der Waals surface area contributed by atoms with Gasteiger partial charge in [-0.15, -0.1) is 16.8 Å². The molecule has 0 aliphatic heterocycles. The molecule has 29 heavy (non-hydrogen) atoms. The second-order valence-electron chi connectivity index (χ2n) is 5.84. The van der Waals surface area contributed by atoms with E-state index in [1.807, 2.05) is 0 Å². The van der Waals surface area contributed by atoms with Crippen molar-refractivity contribution in [1.82, 2.24) is 24.7 Å². The molecular weight excluding hydrogens is 395 g/mol. The third-order valence-corrected chi connectivity index (χ3v) is 4.83. The Kier molecular flexibility index (Phi) is 6.90. The summed E-state index contributed by atoms with van der Waals surface area (Å²) in [5.41, 5.74) is 0. The number of ether oxygens (including phenoxy) is 1. The van der Waals surface area contributed by atoms with Crippen molar-refractivity contribution in [3.05, 3.63) is 67.0 Å². The number of benzene rings is 1. The number of allylic oxidation sites excluding steroid dienone is 1. The highest BCUT2D eigenvalue weighted by Gasteiger charge is 2.21. The summed E-state index contributed by atoms with van der Waals surface area (Å²) in [7, 11) is 0. The molecule has 1 atom stereocenters. The van der Waals surface area contributed by atoms with Gasteiger partial charge in [0.25, 0.3) is 0 Å². The van der Waals surface area contributed by atoms with Gasteiger partial charge in [-0.3, -0.25) is 14.7 Å². The number of nitrogens with zero attached hydrogens (tertiary/aromatic N) is 5. The number of para-hydroxylation sites is 1. The second kappa shape index (κ2) is 9.78. The van der Waals surface area contributed by atoms with Gasteiger partial charge < -0.3 is 4.74 Å². The van der Waals surface area contributed by atoms with Crippen molar-refractivity contribution in [3.8, 4) is 5.75 Å².